The number of halogens is 1. The second-order valence-electron chi connectivity index (χ2n) is 8.05. The molecule has 0 aliphatic carbocycles. The van der Waals surface area contributed by atoms with E-state index in [1.165, 1.54) is 23.3 Å². The number of carbonyl (C=O) groups excluding carboxylic acids is 1. The Balaban J connectivity index is 2.15. The molecule has 0 amide bonds. The van der Waals surface area contributed by atoms with Gasteiger partial charge in [0, 0.05) is 11.8 Å². The van der Waals surface area contributed by atoms with Crippen LogP contribution in [0.25, 0.3) is 0 Å². The average Bonchev–Trinajstić information content (AvgIpc) is 2.68. The third kappa shape index (κ3) is 5.76. The summed E-state index contributed by atoms with van der Waals surface area (Å²) in [6.45, 7) is 10.5. The fourth-order valence-electron chi connectivity index (χ4n) is 3.70. The molecule has 27 heavy (non-hydrogen) atoms. The molecule has 146 valence electrons. The first-order chi connectivity index (χ1) is 12.8. The molecule has 2 aromatic rings. The maximum Gasteiger partial charge on any atom is 0.139 e. The van der Waals surface area contributed by atoms with Crippen molar-refractivity contribution in [1.29, 1.82) is 0 Å². The summed E-state index contributed by atoms with van der Waals surface area (Å²) >= 11 is 0. The van der Waals surface area contributed by atoms with Gasteiger partial charge in [0.15, 0.2) is 0 Å². The van der Waals surface area contributed by atoms with E-state index in [-0.39, 0.29) is 23.6 Å². The summed E-state index contributed by atoms with van der Waals surface area (Å²) in [5.74, 6) is 0.783. The molecule has 1 nitrogen and oxygen atoms in total. The topological polar surface area (TPSA) is 17.1 Å². The third-order valence-corrected chi connectivity index (χ3v) is 6.02. The number of Topliss-reactive ketones (excluding diaryl/α,β-unsaturated/α-hetero) is 1. The predicted octanol–water partition coefficient (Wildman–Crippen LogP) is 7.05. The van der Waals surface area contributed by atoms with Crippen molar-refractivity contribution in [2.75, 3.05) is 0 Å². The van der Waals surface area contributed by atoms with Crippen LogP contribution in [0.4, 0.5) is 4.39 Å². The van der Waals surface area contributed by atoms with Gasteiger partial charge in [-0.15, -0.1) is 0 Å². The molecular formula is C25H33FO. The third-order valence-electron chi connectivity index (χ3n) is 6.02. The fourth-order valence-corrected chi connectivity index (χ4v) is 3.70. The highest BCUT2D eigenvalue weighted by atomic mass is 19.1. The molecule has 2 rings (SSSR count). The predicted molar refractivity (Wildman–Crippen MR) is 112 cm³/mol. The van der Waals surface area contributed by atoms with Crippen LogP contribution in [0.3, 0.4) is 0 Å². The second-order valence-corrected chi connectivity index (χ2v) is 8.05. The van der Waals surface area contributed by atoms with Gasteiger partial charge in [-0.3, -0.25) is 4.79 Å². The molecule has 2 heteroatoms. The van der Waals surface area contributed by atoms with Crippen molar-refractivity contribution in [2.24, 2.45) is 11.8 Å². The smallest absolute Gasteiger partial charge is 0.139 e. The van der Waals surface area contributed by atoms with Crippen LogP contribution in [0.5, 0.6) is 0 Å². The van der Waals surface area contributed by atoms with Crippen molar-refractivity contribution in [1.82, 2.24) is 0 Å². The maximum absolute atomic E-state index is 13.2. The van der Waals surface area contributed by atoms with Crippen LogP contribution < -0.4 is 0 Å². The van der Waals surface area contributed by atoms with Gasteiger partial charge in [-0.1, -0.05) is 69.7 Å². The highest BCUT2D eigenvalue weighted by Crippen LogP contribution is 2.34. The highest BCUT2D eigenvalue weighted by Gasteiger charge is 2.29. The molecule has 0 saturated carbocycles. The Labute approximate surface area is 164 Å². The Morgan fingerprint density at radius 1 is 0.889 bits per heavy atom. The molecule has 0 aromatic heterocycles. The Bertz CT molecular complexity index is 717. The van der Waals surface area contributed by atoms with Gasteiger partial charge in [0.2, 0.25) is 0 Å². The minimum Gasteiger partial charge on any atom is -0.299 e. The molecule has 0 bridgehead atoms. The van der Waals surface area contributed by atoms with E-state index in [0.717, 1.165) is 24.8 Å². The molecule has 0 radical (unpaired) electrons. The molecule has 4 atom stereocenters. The van der Waals surface area contributed by atoms with Crippen LogP contribution in [0.2, 0.25) is 0 Å². The van der Waals surface area contributed by atoms with Crippen LogP contribution in [0.15, 0.2) is 48.5 Å². The zero-order chi connectivity index (χ0) is 20.0. The van der Waals surface area contributed by atoms with Crippen molar-refractivity contribution in [3.63, 3.8) is 0 Å². The van der Waals surface area contributed by atoms with Crippen LogP contribution in [0, 0.1) is 24.6 Å². The van der Waals surface area contributed by atoms with Crippen molar-refractivity contribution < 1.29 is 9.18 Å². The average molecular weight is 369 g/mol. The van der Waals surface area contributed by atoms with E-state index in [0.29, 0.717) is 11.7 Å². The standard InChI is InChI=1S/C25H33FO/c1-6-18(3)25(27)24(20(5)22-10-7-17(2)8-11-22)16-9-19(4)21-12-14-23(26)15-13-21/h7-8,10-15,18-20,24H,6,9,16H2,1-5H3/t18?,19?,20?,24-/m1/s1. The zero-order valence-electron chi connectivity index (χ0n) is 17.3. The Kier molecular flexibility index (Phi) is 7.77. The number of hydrogen-bond acceptors (Lipinski definition) is 1. The summed E-state index contributed by atoms with van der Waals surface area (Å²) < 4.78 is 13.2. The van der Waals surface area contributed by atoms with Crippen LogP contribution in [-0.2, 0) is 4.79 Å². The van der Waals surface area contributed by atoms with Gasteiger partial charge in [-0.05, 0) is 61.3 Å². The van der Waals surface area contributed by atoms with Crippen molar-refractivity contribution >= 4 is 5.78 Å². The van der Waals surface area contributed by atoms with Gasteiger partial charge in [0.1, 0.15) is 11.6 Å². The Morgan fingerprint density at radius 3 is 2.00 bits per heavy atom. The summed E-state index contributed by atoms with van der Waals surface area (Å²) in [7, 11) is 0. The van der Waals surface area contributed by atoms with Crippen molar-refractivity contribution in [2.45, 2.75) is 65.7 Å². The zero-order valence-corrected chi connectivity index (χ0v) is 17.3. The highest BCUT2D eigenvalue weighted by molar-refractivity contribution is 5.84. The lowest BCUT2D eigenvalue weighted by Crippen LogP contribution is -2.26. The largest absolute Gasteiger partial charge is 0.299 e. The minimum atomic E-state index is -0.205. The Hall–Kier alpha value is -1.96. The maximum atomic E-state index is 13.2. The van der Waals surface area contributed by atoms with E-state index < -0.39 is 0 Å². The van der Waals surface area contributed by atoms with E-state index in [9.17, 15) is 9.18 Å². The molecule has 0 saturated heterocycles. The number of rotatable bonds is 9. The number of benzene rings is 2. The number of ketones is 1. The lowest BCUT2D eigenvalue weighted by atomic mass is 9.76. The van der Waals surface area contributed by atoms with Crippen LogP contribution in [-0.4, -0.2) is 5.78 Å². The number of carbonyl (C=O) groups is 1. The molecule has 0 N–H and O–H groups in total. The van der Waals surface area contributed by atoms with E-state index in [1.807, 2.05) is 19.1 Å². The first-order valence-corrected chi connectivity index (χ1v) is 10.2. The Morgan fingerprint density at radius 2 is 1.44 bits per heavy atom. The molecule has 0 fully saturated rings. The van der Waals surface area contributed by atoms with E-state index in [1.54, 1.807) is 0 Å². The van der Waals surface area contributed by atoms with E-state index in [2.05, 4.69) is 52.0 Å². The molecule has 0 aliphatic heterocycles. The summed E-state index contributed by atoms with van der Waals surface area (Å²) in [6, 6.07) is 15.3. The summed E-state index contributed by atoms with van der Waals surface area (Å²) in [4.78, 5) is 13.1. The number of aryl methyl sites for hydroxylation is 1. The lowest BCUT2D eigenvalue weighted by molar-refractivity contribution is -0.127. The van der Waals surface area contributed by atoms with Gasteiger partial charge in [0.25, 0.3) is 0 Å². The normalized spacial score (nSPS) is 15.8. The molecular weight excluding hydrogens is 335 g/mol. The van der Waals surface area contributed by atoms with Gasteiger partial charge in [0.05, 0.1) is 0 Å². The van der Waals surface area contributed by atoms with Crippen LogP contribution in [0.1, 0.15) is 75.5 Å². The van der Waals surface area contributed by atoms with E-state index in [4.69, 9.17) is 0 Å². The first kappa shape index (κ1) is 21.3. The molecule has 3 unspecified atom stereocenters. The minimum absolute atomic E-state index is 0.0190. The fraction of sp³-hybridized carbons (Fsp3) is 0.480. The van der Waals surface area contributed by atoms with Crippen LogP contribution >= 0.6 is 0 Å². The van der Waals surface area contributed by atoms with Gasteiger partial charge in [-0.2, -0.15) is 0 Å². The van der Waals surface area contributed by atoms with Gasteiger partial charge < -0.3 is 0 Å². The number of hydrogen-bond donors (Lipinski definition) is 0. The summed E-state index contributed by atoms with van der Waals surface area (Å²) in [6.07, 6.45) is 2.66. The van der Waals surface area contributed by atoms with Crippen molar-refractivity contribution in [3.05, 3.63) is 71.0 Å². The van der Waals surface area contributed by atoms with Gasteiger partial charge in [-0.25, -0.2) is 4.39 Å². The molecule has 0 aliphatic rings. The molecule has 0 heterocycles. The van der Waals surface area contributed by atoms with Crippen molar-refractivity contribution in [3.8, 4) is 0 Å². The first-order valence-electron chi connectivity index (χ1n) is 10.2. The summed E-state index contributed by atoms with van der Waals surface area (Å²) in [5.41, 5.74) is 3.60. The monoisotopic (exact) mass is 368 g/mol. The van der Waals surface area contributed by atoms with E-state index >= 15 is 0 Å². The molecule has 0 spiro atoms. The molecule has 2 aromatic carbocycles. The SMILES string of the molecule is CCC(C)C(=O)[C@H](CCC(C)c1ccc(F)cc1)C(C)c1ccc(C)cc1. The summed E-state index contributed by atoms with van der Waals surface area (Å²) in [5, 5.41) is 0. The van der Waals surface area contributed by atoms with Gasteiger partial charge >= 0.3 is 0 Å². The quantitative estimate of drug-likeness (QED) is 0.463. The lowest BCUT2D eigenvalue weighted by Gasteiger charge is -2.27. The second kappa shape index (κ2) is 9.82.